The predicted molar refractivity (Wildman–Crippen MR) is 92.4 cm³/mol. The molecule has 0 saturated heterocycles. The van der Waals surface area contributed by atoms with E-state index in [4.69, 9.17) is 18.4 Å². The highest BCUT2D eigenvalue weighted by atomic mass is 16.5. The molecular weight excluding hydrogens is 308 g/mol. The number of rotatable bonds is 12. The van der Waals surface area contributed by atoms with Crippen molar-refractivity contribution in [1.29, 1.82) is 0 Å². The van der Waals surface area contributed by atoms with Crippen LogP contribution >= 0.6 is 0 Å². The minimum atomic E-state index is -3.09. The molecule has 0 bridgehead atoms. The largest absolute Gasteiger partial charge is 0.489 e. The van der Waals surface area contributed by atoms with Gasteiger partial charge in [0.2, 0.25) is 23.1 Å². The second-order valence-electron chi connectivity index (χ2n) is 5.39. The number of ketones is 2. The van der Waals surface area contributed by atoms with E-state index >= 15 is 0 Å². The zero-order chi connectivity index (χ0) is 26.5. The Morgan fingerprint density at radius 2 is 1.58 bits per heavy atom. The minimum absolute atomic E-state index is 0.0422. The molecule has 1 rings (SSSR count). The first kappa shape index (κ1) is 9.76. The minimum Gasteiger partial charge on any atom is -0.489 e. The summed E-state index contributed by atoms with van der Waals surface area (Å²) in [5, 5.41) is 9.18. The molecule has 0 aromatic carbocycles. The molecule has 0 spiro atoms. The van der Waals surface area contributed by atoms with Crippen LogP contribution in [-0.4, -0.2) is 37.4 Å². The van der Waals surface area contributed by atoms with Crippen LogP contribution in [-0.2, 0) is 19.1 Å². The van der Waals surface area contributed by atoms with Gasteiger partial charge in [-0.1, -0.05) is 38.5 Å². The van der Waals surface area contributed by atoms with Crippen molar-refractivity contribution in [1.82, 2.24) is 0 Å². The van der Waals surface area contributed by atoms with E-state index in [2.05, 4.69) is 4.74 Å². The van der Waals surface area contributed by atoms with Crippen LogP contribution in [0.15, 0.2) is 22.7 Å². The Balaban J connectivity index is 2.77. The second kappa shape index (κ2) is 11.0. The fourth-order valence-electron chi connectivity index (χ4n) is 2.50. The SMILES string of the molecule is [2H]C([2H])([2H])OC1=C(OC)C(=O)C(CCCCCCCCC([2H])([2H])C([2H])([2H])O)=C(C([2H])([2H])[2H])C1=O. The Bertz CT molecular complexity index is 819. The molecule has 0 atom stereocenters. The third-order valence-corrected chi connectivity index (χ3v) is 3.79. The number of ether oxygens (including phenoxy) is 2. The standard InChI is InChI=1S/C19H30O5/c1-14-15(12-10-8-6-4-5-7-9-11-13-20)17(22)19(24-3)18(23-2)16(14)21/h20H,4-13H2,1-3H3/i1D3,2D3,11D2,13D2. The Hall–Kier alpha value is -1.62. The van der Waals surface area contributed by atoms with Gasteiger partial charge in [-0.3, -0.25) is 9.59 Å². The molecule has 0 fully saturated rings. The van der Waals surface area contributed by atoms with E-state index in [1.54, 1.807) is 0 Å². The van der Waals surface area contributed by atoms with Gasteiger partial charge in [-0.05, 0) is 26.1 Å². The topological polar surface area (TPSA) is 72.8 Å². The summed E-state index contributed by atoms with van der Waals surface area (Å²) in [7, 11) is -2.04. The van der Waals surface area contributed by atoms with E-state index in [9.17, 15) is 14.7 Å². The van der Waals surface area contributed by atoms with Crippen LogP contribution in [0.25, 0.3) is 0 Å². The summed E-state index contributed by atoms with van der Waals surface area (Å²) in [6, 6.07) is 0. The number of aliphatic hydroxyl groups is 1. The van der Waals surface area contributed by atoms with E-state index < -0.39 is 55.5 Å². The molecule has 5 nitrogen and oxygen atoms in total. The van der Waals surface area contributed by atoms with Gasteiger partial charge in [0.1, 0.15) is 0 Å². The number of carbonyl (C=O) groups is 2. The van der Waals surface area contributed by atoms with Crippen molar-refractivity contribution in [2.75, 3.05) is 20.7 Å². The number of hydrogen-bond donors (Lipinski definition) is 1. The van der Waals surface area contributed by atoms with Gasteiger partial charge in [-0.15, -0.1) is 0 Å². The Kier molecular flexibility index (Phi) is 4.48. The molecule has 0 aromatic rings. The van der Waals surface area contributed by atoms with E-state index in [1.807, 2.05) is 0 Å². The van der Waals surface area contributed by atoms with E-state index in [1.165, 1.54) is 0 Å². The predicted octanol–water partition coefficient (Wildman–Crippen LogP) is 3.46. The molecule has 0 radical (unpaired) electrons. The molecule has 1 N–H and O–H groups in total. The molecule has 136 valence electrons. The first-order chi connectivity index (χ1) is 15.3. The fraction of sp³-hybridized carbons (Fsp3) is 0.684. The first-order valence-corrected chi connectivity index (χ1v) is 7.86. The van der Waals surface area contributed by atoms with Gasteiger partial charge in [-0.25, -0.2) is 0 Å². The maximum absolute atomic E-state index is 12.8. The van der Waals surface area contributed by atoms with E-state index in [0.29, 0.717) is 38.5 Å². The Morgan fingerprint density at radius 1 is 0.958 bits per heavy atom. The van der Waals surface area contributed by atoms with Crippen LogP contribution in [0, 0.1) is 0 Å². The van der Waals surface area contributed by atoms with Crippen LogP contribution in [0.3, 0.4) is 0 Å². The maximum atomic E-state index is 12.8. The van der Waals surface area contributed by atoms with Gasteiger partial charge < -0.3 is 14.6 Å². The lowest BCUT2D eigenvalue weighted by molar-refractivity contribution is -0.121. The van der Waals surface area contributed by atoms with Crippen LogP contribution in [0.5, 0.6) is 0 Å². The smallest absolute Gasteiger partial charge is 0.228 e. The second-order valence-corrected chi connectivity index (χ2v) is 5.39. The van der Waals surface area contributed by atoms with Gasteiger partial charge in [0.25, 0.3) is 0 Å². The van der Waals surface area contributed by atoms with Crippen molar-refractivity contribution in [2.24, 2.45) is 0 Å². The third-order valence-electron chi connectivity index (χ3n) is 3.79. The van der Waals surface area contributed by atoms with Gasteiger partial charge in [-0.2, -0.15) is 0 Å². The molecule has 0 unspecified atom stereocenters. The molecule has 0 aromatic heterocycles. The molecule has 0 heterocycles. The number of allylic oxidation sites excluding steroid dienone is 2. The van der Waals surface area contributed by atoms with Gasteiger partial charge in [0.05, 0.1) is 21.0 Å². The normalized spacial score (nSPS) is 23.8. The first-order valence-electron chi connectivity index (χ1n) is 12.9. The average Bonchev–Trinajstić information content (AvgIpc) is 2.64. The van der Waals surface area contributed by atoms with Crippen LogP contribution in [0.2, 0.25) is 0 Å². The van der Waals surface area contributed by atoms with Crippen molar-refractivity contribution in [3.63, 3.8) is 0 Å². The van der Waals surface area contributed by atoms with Crippen molar-refractivity contribution < 1.29 is 37.9 Å². The quantitative estimate of drug-likeness (QED) is 0.432. The number of methoxy groups -OCH3 is 2. The average molecular weight is 349 g/mol. The highest BCUT2D eigenvalue weighted by Crippen LogP contribution is 2.28. The lowest BCUT2D eigenvalue weighted by Crippen LogP contribution is -2.25. The molecule has 5 heteroatoms. The molecule has 0 amide bonds. The molecule has 0 aliphatic heterocycles. The summed E-state index contributed by atoms with van der Waals surface area (Å²) in [5.74, 6) is -3.73. The zero-order valence-corrected chi connectivity index (χ0v) is 13.7. The Labute approximate surface area is 158 Å². The van der Waals surface area contributed by atoms with Crippen molar-refractivity contribution >= 4 is 11.6 Å². The monoisotopic (exact) mass is 348 g/mol. The van der Waals surface area contributed by atoms with E-state index in [0.717, 1.165) is 7.11 Å². The Morgan fingerprint density at radius 3 is 2.17 bits per heavy atom. The number of carbonyl (C=O) groups excluding carboxylic acids is 2. The van der Waals surface area contributed by atoms with Crippen LogP contribution < -0.4 is 0 Å². The van der Waals surface area contributed by atoms with Crippen LogP contribution in [0.4, 0.5) is 0 Å². The fourth-order valence-corrected chi connectivity index (χ4v) is 2.50. The maximum Gasteiger partial charge on any atom is 0.228 e. The summed E-state index contributed by atoms with van der Waals surface area (Å²) in [6.07, 6.45) is 0.668. The molecular formula is C19H30O5. The van der Waals surface area contributed by atoms with Gasteiger partial charge in [0, 0.05) is 24.6 Å². The number of Topliss-reactive ketones (excluding diaryl/α,β-unsaturated/α-hetero) is 2. The molecule has 1 aliphatic carbocycles. The summed E-state index contributed by atoms with van der Waals surface area (Å²) in [6.45, 7) is -5.89. The molecule has 1 aliphatic rings. The lowest BCUT2D eigenvalue weighted by Gasteiger charge is -2.20. The number of hydrogen-bond acceptors (Lipinski definition) is 5. The summed E-state index contributed by atoms with van der Waals surface area (Å²) >= 11 is 0. The molecule has 24 heavy (non-hydrogen) atoms. The number of unbranched alkanes of at least 4 members (excludes halogenated alkanes) is 5. The highest BCUT2D eigenvalue weighted by molar-refractivity contribution is 6.23. The summed E-state index contributed by atoms with van der Waals surface area (Å²) in [5.41, 5.74) is -1.05. The lowest BCUT2D eigenvalue weighted by atomic mass is 9.89. The summed E-state index contributed by atoms with van der Waals surface area (Å²) < 4.78 is 83.2. The summed E-state index contributed by atoms with van der Waals surface area (Å²) in [4.78, 5) is 25.6. The van der Waals surface area contributed by atoms with E-state index in [-0.39, 0.29) is 18.4 Å². The highest BCUT2D eigenvalue weighted by Gasteiger charge is 2.34. The van der Waals surface area contributed by atoms with Crippen molar-refractivity contribution in [3.05, 3.63) is 22.7 Å². The third kappa shape index (κ3) is 5.48. The van der Waals surface area contributed by atoms with Crippen molar-refractivity contribution in [2.45, 2.75) is 64.6 Å². The van der Waals surface area contributed by atoms with Gasteiger partial charge >= 0.3 is 0 Å². The van der Waals surface area contributed by atoms with Crippen molar-refractivity contribution in [3.8, 4) is 0 Å². The molecule has 0 saturated carbocycles. The van der Waals surface area contributed by atoms with Crippen LogP contribution in [0.1, 0.15) is 78.3 Å². The van der Waals surface area contributed by atoms with Gasteiger partial charge in [0.15, 0.2) is 0 Å². The zero-order valence-electron chi connectivity index (χ0n) is 23.7.